The standard InChI is InChI=1S/C35H50N2O6SSi/c1-34(2,3)45(8,9)43-32(24-36-35(4,5)23-28-17-13-16-27(20-28)21-33(38)41-6)29-18-19-31(30(22-29)37-44(7,39)40)42-25-26-14-11-10-12-15-26/h10-20,22,32,36-37H,21,23-25H2,1-9H3/t32-/m0/s1. The molecular weight excluding hydrogens is 605 g/mol. The lowest BCUT2D eigenvalue weighted by Gasteiger charge is -2.40. The maximum Gasteiger partial charge on any atom is 0.309 e. The second kappa shape index (κ2) is 14.9. The number of hydrogen-bond acceptors (Lipinski definition) is 7. The quantitative estimate of drug-likeness (QED) is 0.134. The van der Waals surface area contributed by atoms with Crippen molar-refractivity contribution >= 4 is 30.0 Å². The van der Waals surface area contributed by atoms with E-state index in [1.807, 2.05) is 66.7 Å². The molecule has 0 aliphatic rings. The summed E-state index contributed by atoms with van der Waals surface area (Å²) >= 11 is 0. The molecule has 1 atom stereocenters. The predicted octanol–water partition coefficient (Wildman–Crippen LogP) is 7.03. The van der Waals surface area contributed by atoms with Crippen LogP contribution in [-0.2, 0) is 43.4 Å². The summed E-state index contributed by atoms with van der Waals surface area (Å²) in [4.78, 5) is 11.8. The number of carbonyl (C=O) groups excluding carboxylic acids is 1. The third-order valence-electron chi connectivity index (χ3n) is 8.13. The molecule has 0 aliphatic heterocycles. The van der Waals surface area contributed by atoms with Crippen molar-refractivity contribution in [1.82, 2.24) is 5.32 Å². The molecule has 2 N–H and O–H groups in total. The molecule has 0 aliphatic carbocycles. The molecule has 0 unspecified atom stereocenters. The van der Waals surface area contributed by atoms with Crippen LogP contribution in [0.25, 0.3) is 0 Å². The highest BCUT2D eigenvalue weighted by Gasteiger charge is 2.40. The van der Waals surface area contributed by atoms with Gasteiger partial charge in [-0.3, -0.25) is 9.52 Å². The smallest absolute Gasteiger partial charge is 0.309 e. The van der Waals surface area contributed by atoms with Crippen LogP contribution in [0.2, 0.25) is 18.1 Å². The molecule has 0 radical (unpaired) electrons. The maximum absolute atomic E-state index is 12.4. The van der Waals surface area contributed by atoms with E-state index in [4.69, 9.17) is 13.9 Å². The molecule has 8 nitrogen and oxygen atoms in total. The lowest BCUT2D eigenvalue weighted by Crippen LogP contribution is -2.47. The fourth-order valence-electron chi connectivity index (χ4n) is 4.68. The Kier molecular flexibility index (Phi) is 12.0. The summed E-state index contributed by atoms with van der Waals surface area (Å²) in [5.41, 5.74) is 3.90. The number of rotatable bonds is 15. The zero-order valence-electron chi connectivity index (χ0n) is 28.2. The van der Waals surface area contributed by atoms with Gasteiger partial charge in [-0.25, -0.2) is 8.42 Å². The van der Waals surface area contributed by atoms with Gasteiger partial charge < -0.3 is 19.2 Å². The summed E-state index contributed by atoms with van der Waals surface area (Å²) in [6, 6.07) is 23.3. The SMILES string of the molecule is COC(=O)Cc1cccc(CC(C)(C)NC[C@H](O[Si](C)(C)C(C)(C)C)c2ccc(OCc3ccccc3)c(NS(C)(=O)=O)c2)c1. The van der Waals surface area contributed by atoms with E-state index in [0.717, 1.165) is 34.9 Å². The normalized spacial score (nSPS) is 13.3. The minimum atomic E-state index is -3.57. The molecule has 3 aromatic carbocycles. The Morgan fingerprint density at radius 3 is 2.16 bits per heavy atom. The summed E-state index contributed by atoms with van der Waals surface area (Å²) < 4.78 is 45.3. The number of hydrogen-bond donors (Lipinski definition) is 2. The van der Waals surface area contributed by atoms with E-state index in [1.165, 1.54) is 7.11 Å². The van der Waals surface area contributed by atoms with Crippen molar-refractivity contribution < 1.29 is 27.1 Å². The molecular formula is C35H50N2O6SSi. The number of benzene rings is 3. The molecule has 45 heavy (non-hydrogen) atoms. The average molecular weight is 655 g/mol. The van der Waals surface area contributed by atoms with Crippen molar-refractivity contribution in [3.63, 3.8) is 0 Å². The van der Waals surface area contributed by atoms with Gasteiger partial charge >= 0.3 is 5.97 Å². The fourth-order valence-corrected chi connectivity index (χ4v) is 6.52. The summed E-state index contributed by atoms with van der Waals surface area (Å²) in [7, 11) is -4.42. The van der Waals surface area contributed by atoms with Crippen LogP contribution < -0.4 is 14.8 Å². The Morgan fingerprint density at radius 1 is 0.889 bits per heavy atom. The van der Waals surface area contributed by atoms with Gasteiger partial charge in [-0.15, -0.1) is 0 Å². The van der Waals surface area contributed by atoms with E-state index in [-0.39, 0.29) is 29.1 Å². The molecule has 0 saturated carbocycles. The van der Waals surface area contributed by atoms with Gasteiger partial charge in [0.2, 0.25) is 10.0 Å². The average Bonchev–Trinajstić information content (AvgIpc) is 2.93. The highest BCUT2D eigenvalue weighted by Crippen LogP contribution is 2.41. The Bertz CT molecular complexity index is 1540. The van der Waals surface area contributed by atoms with Crippen molar-refractivity contribution in [2.45, 2.75) is 83.8 Å². The second-order valence-corrected chi connectivity index (χ2v) is 20.3. The number of ether oxygens (including phenoxy) is 2. The lowest BCUT2D eigenvalue weighted by molar-refractivity contribution is -0.139. The van der Waals surface area contributed by atoms with Gasteiger partial charge in [0, 0.05) is 12.1 Å². The Labute approximate surface area is 271 Å². The Hall–Kier alpha value is -3.18. The van der Waals surface area contributed by atoms with Gasteiger partial charge in [-0.05, 0) is 72.8 Å². The third-order valence-corrected chi connectivity index (χ3v) is 13.2. The van der Waals surface area contributed by atoms with Crippen LogP contribution in [-0.4, -0.2) is 48.2 Å². The highest BCUT2D eigenvalue weighted by molar-refractivity contribution is 7.92. The number of anilines is 1. The van der Waals surface area contributed by atoms with E-state index in [2.05, 4.69) is 63.8 Å². The van der Waals surface area contributed by atoms with E-state index in [9.17, 15) is 13.2 Å². The molecule has 0 saturated heterocycles. The molecule has 246 valence electrons. The molecule has 3 aromatic rings. The first-order chi connectivity index (χ1) is 20.9. The number of sulfonamides is 1. The third kappa shape index (κ3) is 11.6. The number of nitrogens with one attached hydrogen (secondary N) is 2. The van der Waals surface area contributed by atoms with Crippen molar-refractivity contribution in [1.29, 1.82) is 0 Å². The fraction of sp³-hybridized carbons (Fsp3) is 0.457. The summed E-state index contributed by atoms with van der Waals surface area (Å²) in [6.07, 6.45) is 1.74. The van der Waals surface area contributed by atoms with Crippen molar-refractivity contribution in [3.8, 4) is 5.75 Å². The highest BCUT2D eigenvalue weighted by atomic mass is 32.2. The topological polar surface area (TPSA) is 103 Å². The molecule has 0 aromatic heterocycles. The molecule has 0 fully saturated rings. The van der Waals surface area contributed by atoms with Crippen LogP contribution in [0.5, 0.6) is 5.75 Å². The largest absolute Gasteiger partial charge is 0.487 e. The van der Waals surface area contributed by atoms with Crippen LogP contribution >= 0.6 is 0 Å². The first-order valence-corrected chi connectivity index (χ1v) is 20.0. The van der Waals surface area contributed by atoms with E-state index >= 15 is 0 Å². The molecule has 0 spiro atoms. The lowest BCUT2D eigenvalue weighted by atomic mass is 9.93. The number of esters is 1. The predicted molar refractivity (Wildman–Crippen MR) is 185 cm³/mol. The molecule has 3 rings (SSSR count). The van der Waals surface area contributed by atoms with Crippen molar-refractivity contribution in [3.05, 3.63) is 95.1 Å². The zero-order chi connectivity index (χ0) is 33.5. The number of methoxy groups -OCH3 is 1. The first kappa shape index (κ1) is 36.3. The number of carbonyl (C=O) groups is 1. The first-order valence-electron chi connectivity index (χ1n) is 15.2. The molecule has 0 bridgehead atoms. The molecule has 0 heterocycles. The summed E-state index contributed by atoms with van der Waals surface area (Å²) in [6.45, 7) is 16.1. The van der Waals surface area contributed by atoms with Gasteiger partial charge in [-0.1, -0.05) is 81.4 Å². The zero-order valence-corrected chi connectivity index (χ0v) is 30.0. The monoisotopic (exact) mass is 654 g/mol. The van der Waals surface area contributed by atoms with Crippen LogP contribution in [0.4, 0.5) is 5.69 Å². The van der Waals surface area contributed by atoms with Gasteiger partial charge in [-0.2, -0.15) is 0 Å². The minimum Gasteiger partial charge on any atom is -0.487 e. The maximum atomic E-state index is 12.4. The van der Waals surface area contributed by atoms with E-state index in [1.54, 1.807) is 0 Å². The Morgan fingerprint density at radius 2 is 1.53 bits per heavy atom. The van der Waals surface area contributed by atoms with Gasteiger partial charge in [0.25, 0.3) is 0 Å². The van der Waals surface area contributed by atoms with E-state index in [0.29, 0.717) is 24.6 Å². The van der Waals surface area contributed by atoms with Gasteiger partial charge in [0.15, 0.2) is 8.32 Å². The van der Waals surface area contributed by atoms with Gasteiger partial charge in [0.1, 0.15) is 12.4 Å². The van der Waals surface area contributed by atoms with Crippen LogP contribution in [0.15, 0.2) is 72.8 Å². The van der Waals surface area contributed by atoms with Crippen LogP contribution in [0.3, 0.4) is 0 Å². The summed E-state index contributed by atoms with van der Waals surface area (Å²) in [5, 5.41) is 3.68. The van der Waals surface area contributed by atoms with Crippen molar-refractivity contribution in [2.75, 3.05) is 24.6 Å². The van der Waals surface area contributed by atoms with Crippen LogP contribution in [0, 0.1) is 0 Å². The van der Waals surface area contributed by atoms with Gasteiger partial charge in [0.05, 0.1) is 31.6 Å². The molecule has 0 amide bonds. The second-order valence-electron chi connectivity index (χ2n) is 13.8. The van der Waals surface area contributed by atoms with E-state index < -0.39 is 18.3 Å². The minimum absolute atomic E-state index is 0.0343. The molecule has 10 heteroatoms. The van der Waals surface area contributed by atoms with Crippen molar-refractivity contribution in [2.24, 2.45) is 0 Å². The summed E-state index contributed by atoms with van der Waals surface area (Å²) in [5.74, 6) is 0.176. The van der Waals surface area contributed by atoms with Crippen LogP contribution in [0.1, 0.15) is 63.0 Å². The Balaban J connectivity index is 1.90.